The number of carbonyl (C=O) groups is 2. The molecule has 0 fully saturated rings. The summed E-state index contributed by atoms with van der Waals surface area (Å²) in [6.07, 6.45) is 1.33. The van der Waals surface area contributed by atoms with E-state index in [2.05, 4.69) is 31.2 Å². The largest absolute Gasteiger partial charge is 0.451 e. The number of amides is 1. The van der Waals surface area contributed by atoms with Crippen molar-refractivity contribution in [2.45, 2.75) is 0 Å². The van der Waals surface area contributed by atoms with E-state index in [-0.39, 0.29) is 5.69 Å². The molecule has 2 aromatic carbocycles. The molecule has 7 heteroatoms. The fraction of sp³-hybridized carbons (Fsp3) is 0.0588. The highest BCUT2D eigenvalue weighted by atomic mass is 79.9. The van der Waals surface area contributed by atoms with Crippen molar-refractivity contribution in [3.05, 3.63) is 64.9 Å². The van der Waals surface area contributed by atoms with Crippen molar-refractivity contribution in [1.29, 1.82) is 0 Å². The van der Waals surface area contributed by atoms with Crippen LogP contribution in [0.5, 0.6) is 0 Å². The predicted molar refractivity (Wildman–Crippen MR) is 92.6 cm³/mol. The highest BCUT2D eigenvalue weighted by Crippen LogP contribution is 2.20. The number of halogens is 1. The second kappa shape index (κ2) is 7.18. The van der Waals surface area contributed by atoms with E-state index in [1.807, 2.05) is 12.1 Å². The van der Waals surface area contributed by atoms with Crippen molar-refractivity contribution >= 4 is 44.5 Å². The van der Waals surface area contributed by atoms with Gasteiger partial charge >= 0.3 is 5.97 Å². The van der Waals surface area contributed by atoms with Crippen LogP contribution in [0.1, 0.15) is 10.5 Å². The number of rotatable bonds is 4. The molecule has 1 N–H and O–H groups in total. The molecular formula is C17H12BrN3O3. The van der Waals surface area contributed by atoms with Gasteiger partial charge in [-0.3, -0.25) is 9.78 Å². The molecular weight excluding hydrogens is 374 g/mol. The van der Waals surface area contributed by atoms with E-state index in [1.165, 1.54) is 6.20 Å². The monoisotopic (exact) mass is 385 g/mol. The minimum absolute atomic E-state index is 0.0578. The maximum absolute atomic E-state index is 12.0. The Morgan fingerprint density at radius 2 is 1.75 bits per heavy atom. The Kier molecular flexibility index (Phi) is 4.81. The summed E-state index contributed by atoms with van der Waals surface area (Å²) in [4.78, 5) is 32.2. The lowest BCUT2D eigenvalue weighted by Crippen LogP contribution is -2.21. The molecule has 0 aliphatic heterocycles. The number of ether oxygens (including phenoxy) is 1. The molecule has 3 aromatic rings. The second-order valence-corrected chi connectivity index (χ2v) is 5.70. The Hall–Kier alpha value is -2.80. The smallest absolute Gasteiger partial charge is 0.359 e. The number of anilines is 1. The number of fused-ring (bicyclic) bond motifs is 1. The molecule has 0 bridgehead atoms. The van der Waals surface area contributed by atoms with E-state index in [4.69, 9.17) is 4.74 Å². The van der Waals surface area contributed by atoms with Crippen LogP contribution in [0.15, 0.2) is 59.2 Å². The lowest BCUT2D eigenvalue weighted by atomic mass is 10.3. The third-order valence-electron chi connectivity index (χ3n) is 3.14. The number of nitrogens with one attached hydrogen (secondary N) is 1. The second-order valence-electron chi connectivity index (χ2n) is 4.85. The number of esters is 1. The summed E-state index contributed by atoms with van der Waals surface area (Å²) >= 11 is 3.32. The topological polar surface area (TPSA) is 81.2 Å². The SMILES string of the molecule is O=C(COC(=O)c1cnc2ccccc2n1)Nc1ccccc1Br. The van der Waals surface area contributed by atoms with E-state index in [0.29, 0.717) is 16.7 Å². The first-order valence-corrected chi connectivity index (χ1v) is 7.86. The molecule has 0 aliphatic rings. The van der Waals surface area contributed by atoms with E-state index in [9.17, 15) is 9.59 Å². The summed E-state index contributed by atoms with van der Waals surface area (Å²) in [5, 5.41) is 2.65. The van der Waals surface area contributed by atoms with Gasteiger partial charge in [0.1, 0.15) is 0 Å². The molecule has 0 aliphatic carbocycles. The molecule has 6 nitrogen and oxygen atoms in total. The van der Waals surface area contributed by atoms with Crippen molar-refractivity contribution in [2.24, 2.45) is 0 Å². The van der Waals surface area contributed by atoms with Crippen molar-refractivity contribution in [1.82, 2.24) is 9.97 Å². The quantitative estimate of drug-likeness (QED) is 0.697. The number of benzene rings is 2. The van der Waals surface area contributed by atoms with Gasteiger partial charge in [-0.1, -0.05) is 24.3 Å². The third kappa shape index (κ3) is 3.75. The van der Waals surface area contributed by atoms with Crippen molar-refractivity contribution in [3.8, 4) is 0 Å². The Balaban J connectivity index is 1.62. The fourth-order valence-electron chi connectivity index (χ4n) is 2.01. The minimum Gasteiger partial charge on any atom is -0.451 e. The summed E-state index contributed by atoms with van der Waals surface area (Å²) in [5.41, 5.74) is 1.93. The van der Waals surface area contributed by atoms with Crippen molar-refractivity contribution in [2.75, 3.05) is 11.9 Å². The summed E-state index contributed by atoms with van der Waals surface area (Å²) in [7, 11) is 0. The average Bonchev–Trinajstić information content (AvgIpc) is 2.61. The van der Waals surface area contributed by atoms with Gasteiger partial charge in [-0.25, -0.2) is 9.78 Å². The Morgan fingerprint density at radius 3 is 2.54 bits per heavy atom. The molecule has 0 radical (unpaired) electrons. The van der Waals surface area contributed by atoms with Gasteiger partial charge in [0, 0.05) is 4.47 Å². The molecule has 24 heavy (non-hydrogen) atoms. The average molecular weight is 386 g/mol. The summed E-state index contributed by atoms with van der Waals surface area (Å²) < 4.78 is 5.72. The van der Waals surface area contributed by atoms with Gasteiger partial charge in [0.25, 0.3) is 5.91 Å². The van der Waals surface area contributed by atoms with Gasteiger partial charge in [-0.15, -0.1) is 0 Å². The number of carbonyl (C=O) groups excluding carboxylic acids is 2. The van der Waals surface area contributed by atoms with Gasteiger partial charge in [-0.2, -0.15) is 0 Å². The highest BCUT2D eigenvalue weighted by Gasteiger charge is 2.13. The zero-order valence-corrected chi connectivity index (χ0v) is 14.0. The number of aromatic nitrogens is 2. The number of hydrogen-bond donors (Lipinski definition) is 1. The van der Waals surface area contributed by atoms with E-state index >= 15 is 0 Å². The zero-order chi connectivity index (χ0) is 16.9. The zero-order valence-electron chi connectivity index (χ0n) is 12.4. The predicted octanol–water partition coefficient (Wildman–Crippen LogP) is 3.19. The first-order chi connectivity index (χ1) is 11.6. The Bertz CT molecular complexity index is 914. The molecule has 3 rings (SSSR count). The van der Waals surface area contributed by atoms with Gasteiger partial charge in [0.05, 0.1) is 22.9 Å². The maximum Gasteiger partial charge on any atom is 0.359 e. The van der Waals surface area contributed by atoms with Crippen LogP contribution in [0.2, 0.25) is 0 Å². The van der Waals surface area contributed by atoms with E-state index < -0.39 is 18.5 Å². The van der Waals surface area contributed by atoms with Crippen LogP contribution in [0.4, 0.5) is 5.69 Å². The molecule has 120 valence electrons. The number of nitrogens with zero attached hydrogens (tertiary/aromatic N) is 2. The van der Waals surface area contributed by atoms with Crippen LogP contribution in [0, 0.1) is 0 Å². The first kappa shape index (κ1) is 16.1. The first-order valence-electron chi connectivity index (χ1n) is 7.07. The van der Waals surface area contributed by atoms with Gasteiger partial charge < -0.3 is 10.1 Å². The molecule has 0 unspecified atom stereocenters. The molecule has 1 amide bonds. The van der Waals surface area contributed by atoms with E-state index in [0.717, 1.165) is 4.47 Å². The van der Waals surface area contributed by atoms with Gasteiger partial charge in [-0.05, 0) is 40.2 Å². The Morgan fingerprint density at radius 1 is 1.04 bits per heavy atom. The number of para-hydroxylation sites is 3. The van der Waals surface area contributed by atoms with Gasteiger partial charge in [0.15, 0.2) is 12.3 Å². The minimum atomic E-state index is -0.699. The molecule has 0 spiro atoms. The molecule has 1 aromatic heterocycles. The van der Waals surface area contributed by atoms with Gasteiger partial charge in [0.2, 0.25) is 0 Å². The highest BCUT2D eigenvalue weighted by molar-refractivity contribution is 9.10. The normalized spacial score (nSPS) is 10.4. The lowest BCUT2D eigenvalue weighted by molar-refractivity contribution is -0.119. The summed E-state index contributed by atoms with van der Waals surface area (Å²) in [6.45, 7) is -0.408. The lowest BCUT2D eigenvalue weighted by Gasteiger charge is -2.08. The van der Waals surface area contributed by atoms with Crippen LogP contribution in [-0.4, -0.2) is 28.5 Å². The third-order valence-corrected chi connectivity index (χ3v) is 3.83. The molecule has 1 heterocycles. The van der Waals surface area contributed by atoms with Crippen LogP contribution in [0.3, 0.4) is 0 Å². The number of hydrogen-bond acceptors (Lipinski definition) is 5. The maximum atomic E-state index is 12.0. The van der Waals surface area contributed by atoms with Crippen molar-refractivity contribution < 1.29 is 14.3 Å². The standard InChI is InChI=1S/C17H12BrN3O3/c18-11-5-1-2-6-12(11)21-16(22)10-24-17(23)15-9-19-13-7-3-4-8-14(13)20-15/h1-9H,10H2,(H,21,22). The van der Waals surface area contributed by atoms with Crippen molar-refractivity contribution in [3.63, 3.8) is 0 Å². The van der Waals surface area contributed by atoms with Crippen LogP contribution in [-0.2, 0) is 9.53 Å². The Labute approximate surface area is 146 Å². The van der Waals surface area contributed by atoms with Crippen LogP contribution < -0.4 is 5.32 Å². The fourth-order valence-corrected chi connectivity index (χ4v) is 2.39. The van der Waals surface area contributed by atoms with Crippen LogP contribution >= 0.6 is 15.9 Å². The van der Waals surface area contributed by atoms with E-state index in [1.54, 1.807) is 36.4 Å². The molecule has 0 saturated carbocycles. The van der Waals surface area contributed by atoms with Crippen LogP contribution in [0.25, 0.3) is 11.0 Å². The molecule has 0 atom stereocenters. The molecule has 0 saturated heterocycles. The summed E-state index contributed by atoms with van der Waals surface area (Å²) in [5.74, 6) is -1.14. The summed E-state index contributed by atoms with van der Waals surface area (Å²) in [6, 6.07) is 14.3.